The van der Waals surface area contributed by atoms with Gasteiger partial charge in [0.25, 0.3) is 0 Å². The van der Waals surface area contributed by atoms with Crippen molar-refractivity contribution in [2.45, 2.75) is 33.4 Å². The zero-order valence-electron chi connectivity index (χ0n) is 13.3. The van der Waals surface area contributed by atoms with E-state index in [-0.39, 0.29) is 0 Å². The van der Waals surface area contributed by atoms with Gasteiger partial charge in [0.2, 0.25) is 0 Å². The number of aromatic nitrogens is 1. The SMILES string of the molecule is CCCNCc1ccc(CN(C)c2ccccc2C)nc1. The van der Waals surface area contributed by atoms with Gasteiger partial charge in [-0.15, -0.1) is 0 Å². The van der Waals surface area contributed by atoms with Gasteiger partial charge in [-0.2, -0.15) is 0 Å². The molecule has 0 bridgehead atoms. The minimum atomic E-state index is 0.827. The number of benzene rings is 1. The highest BCUT2D eigenvalue weighted by Crippen LogP contribution is 2.19. The summed E-state index contributed by atoms with van der Waals surface area (Å²) in [5.74, 6) is 0. The number of pyridine rings is 1. The zero-order valence-corrected chi connectivity index (χ0v) is 13.3. The second kappa shape index (κ2) is 7.79. The fourth-order valence-corrected chi connectivity index (χ4v) is 2.38. The van der Waals surface area contributed by atoms with Crippen molar-refractivity contribution in [3.63, 3.8) is 0 Å². The molecule has 0 atom stereocenters. The van der Waals surface area contributed by atoms with Gasteiger partial charge in [-0.3, -0.25) is 4.98 Å². The molecule has 0 radical (unpaired) electrons. The fourth-order valence-electron chi connectivity index (χ4n) is 2.38. The molecular formula is C18H25N3. The van der Waals surface area contributed by atoms with Crippen LogP contribution in [0.1, 0.15) is 30.2 Å². The Morgan fingerprint density at radius 2 is 1.95 bits per heavy atom. The fraction of sp³-hybridized carbons (Fsp3) is 0.389. The van der Waals surface area contributed by atoms with E-state index in [1.807, 2.05) is 6.20 Å². The molecule has 3 nitrogen and oxygen atoms in total. The lowest BCUT2D eigenvalue weighted by Crippen LogP contribution is -2.18. The summed E-state index contributed by atoms with van der Waals surface area (Å²) in [6.45, 7) is 7.09. The number of rotatable bonds is 7. The minimum absolute atomic E-state index is 0.827. The molecule has 0 saturated carbocycles. The van der Waals surface area contributed by atoms with E-state index in [1.165, 1.54) is 16.8 Å². The quantitative estimate of drug-likeness (QED) is 0.788. The maximum atomic E-state index is 4.57. The Labute approximate surface area is 128 Å². The molecule has 0 fully saturated rings. The van der Waals surface area contributed by atoms with Crippen molar-refractivity contribution in [3.8, 4) is 0 Å². The normalized spacial score (nSPS) is 10.6. The summed E-state index contributed by atoms with van der Waals surface area (Å²) in [6.07, 6.45) is 3.14. The Hall–Kier alpha value is -1.87. The molecule has 21 heavy (non-hydrogen) atoms. The number of nitrogens with one attached hydrogen (secondary N) is 1. The van der Waals surface area contributed by atoms with Crippen LogP contribution < -0.4 is 10.2 Å². The van der Waals surface area contributed by atoms with Crippen LogP contribution in [0, 0.1) is 6.92 Å². The molecule has 1 aromatic carbocycles. The van der Waals surface area contributed by atoms with E-state index in [0.29, 0.717) is 0 Å². The Morgan fingerprint density at radius 1 is 1.14 bits per heavy atom. The summed E-state index contributed by atoms with van der Waals surface area (Å²) in [4.78, 5) is 6.81. The Morgan fingerprint density at radius 3 is 2.62 bits per heavy atom. The predicted molar refractivity (Wildman–Crippen MR) is 89.5 cm³/mol. The first-order valence-electron chi connectivity index (χ1n) is 7.62. The summed E-state index contributed by atoms with van der Waals surface area (Å²) < 4.78 is 0. The van der Waals surface area contributed by atoms with Crippen molar-refractivity contribution in [1.82, 2.24) is 10.3 Å². The maximum absolute atomic E-state index is 4.57. The van der Waals surface area contributed by atoms with Crippen molar-refractivity contribution in [3.05, 3.63) is 59.4 Å². The molecule has 0 aliphatic rings. The van der Waals surface area contributed by atoms with Crippen molar-refractivity contribution in [2.24, 2.45) is 0 Å². The summed E-state index contributed by atoms with van der Waals surface area (Å²) in [5.41, 5.74) is 4.89. The summed E-state index contributed by atoms with van der Waals surface area (Å²) in [6, 6.07) is 12.7. The minimum Gasteiger partial charge on any atom is -0.368 e. The molecule has 1 heterocycles. The van der Waals surface area contributed by atoms with E-state index in [1.54, 1.807) is 0 Å². The van der Waals surface area contributed by atoms with Gasteiger partial charge < -0.3 is 10.2 Å². The van der Waals surface area contributed by atoms with Gasteiger partial charge >= 0.3 is 0 Å². The molecule has 0 aliphatic heterocycles. The molecule has 0 spiro atoms. The van der Waals surface area contributed by atoms with Crippen molar-refractivity contribution >= 4 is 5.69 Å². The first kappa shape index (κ1) is 15.5. The lowest BCUT2D eigenvalue weighted by atomic mass is 10.2. The van der Waals surface area contributed by atoms with Crippen LogP contribution in [0.4, 0.5) is 5.69 Å². The van der Waals surface area contributed by atoms with Crippen molar-refractivity contribution in [2.75, 3.05) is 18.5 Å². The molecule has 1 aromatic heterocycles. The van der Waals surface area contributed by atoms with Crippen molar-refractivity contribution < 1.29 is 0 Å². The smallest absolute Gasteiger partial charge is 0.0598 e. The van der Waals surface area contributed by atoms with Crippen LogP contribution >= 0.6 is 0 Å². The predicted octanol–water partition coefficient (Wildman–Crippen LogP) is 3.53. The lowest BCUT2D eigenvalue weighted by Gasteiger charge is -2.21. The van der Waals surface area contributed by atoms with E-state index in [4.69, 9.17) is 0 Å². The largest absolute Gasteiger partial charge is 0.368 e. The third kappa shape index (κ3) is 4.57. The summed E-state index contributed by atoms with van der Waals surface area (Å²) in [7, 11) is 2.11. The summed E-state index contributed by atoms with van der Waals surface area (Å²) in [5, 5.41) is 3.39. The van der Waals surface area contributed by atoms with Gasteiger partial charge in [0.15, 0.2) is 0 Å². The van der Waals surface area contributed by atoms with Gasteiger partial charge in [-0.1, -0.05) is 31.2 Å². The number of anilines is 1. The number of hydrogen-bond acceptors (Lipinski definition) is 3. The first-order valence-corrected chi connectivity index (χ1v) is 7.62. The van der Waals surface area contributed by atoms with Gasteiger partial charge in [-0.25, -0.2) is 0 Å². The second-order valence-corrected chi connectivity index (χ2v) is 5.48. The van der Waals surface area contributed by atoms with Crippen LogP contribution in [0.25, 0.3) is 0 Å². The van der Waals surface area contributed by atoms with Crippen LogP contribution in [0.5, 0.6) is 0 Å². The van der Waals surface area contributed by atoms with Gasteiger partial charge in [0, 0.05) is 25.5 Å². The van der Waals surface area contributed by atoms with Gasteiger partial charge in [0.05, 0.1) is 12.2 Å². The maximum Gasteiger partial charge on any atom is 0.0598 e. The van der Waals surface area contributed by atoms with E-state index in [9.17, 15) is 0 Å². The topological polar surface area (TPSA) is 28.2 Å². The zero-order chi connectivity index (χ0) is 15.1. The number of para-hydroxylation sites is 1. The van der Waals surface area contributed by atoms with E-state index < -0.39 is 0 Å². The van der Waals surface area contributed by atoms with Crippen LogP contribution in [-0.2, 0) is 13.1 Å². The van der Waals surface area contributed by atoms with Crippen LogP contribution in [0.3, 0.4) is 0 Å². The molecule has 0 saturated heterocycles. The summed E-state index contributed by atoms with van der Waals surface area (Å²) >= 11 is 0. The lowest BCUT2D eigenvalue weighted by molar-refractivity contribution is 0.673. The molecule has 1 N–H and O–H groups in total. The molecular weight excluding hydrogens is 258 g/mol. The van der Waals surface area contributed by atoms with Crippen molar-refractivity contribution in [1.29, 1.82) is 0 Å². The molecule has 0 unspecified atom stereocenters. The molecule has 2 rings (SSSR count). The van der Waals surface area contributed by atoms with E-state index in [2.05, 4.69) is 72.5 Å². The molecule has 2 aromatic rings. The molecule has 112 valence electrons. The van der Waals surface area contributed by atoms with Crippen LogP contribution in [0.2, 0.25) is 0 Å². The first-order chi connectivity index (χ1) is 10.2. The molecule has 0 aliphatic carbocycles. The Balaban J connectivity index is 1.95. The molecule has 3 heteroatoms. The highest BCUT2D eigenvalue weighted by molar-refractivity contribution is 5.52. The Bertz CT molecular complexity index is 549. The number of nitrogens with zero attached hydrogens (tertiary/aromatic N) is 2. The Kier molecular flexibility index (Phi) is 5.76. The van der Waals surface area contributed by atoms with E-state index in [0.717, 1.165) is 31.7 Å². The average Bonchev–Trinajstić information content (AvgIpc) is 2.49. The standard InChI is InChI=1S/C18H25N3/c1-4-11-19-12-16-9-10-17(20-13-16)14-21(3)18-8-6-5-7-15(18)2/h5-10,13,19H,4,11-12,14H2,1-3H3. The number of hydrogen-bond donors (Lipinski definition) is 1. The van der Waals surface area contributed by atoms with Gasteiger partial charge in [0.1, 0.15) is 0 Å². The highest BCUT2D eigenvalue weighted by Gasteiger charge is 2.05. The van der Waals surface area contributed by atoms with Crippen LogP contribution in [-0.4, -0.2) is 18.6 Å². The average molecular weight is 283 g/mol. The second-order valence-electron chi connectivity index (χ2n) is 5.48. The molecule has 0 amide bonds. The third-order valence-electron chi connectivity index (χ3n) is 3.57. The number of aryl methyl sites for hydroxylation is 1. The van der Waals surface area contributed by atoms with Crippen LogP contribution in [0.15, 0.2) is 42.6 Å². The van der Waals surface area contributed by atoms with E-state index >= 15 is 0 Å². The third-order valence-corrected chi connectivity index (χ3v) is 3.57. The monoisotopic (exact) mass is 283 g/mol. The highest BCUT2D eigenvalue weighted by atomic mass is 15.1. The van der Waals surface area contributed by atoms with Gasteiger partial charge in [-0.05, 0) is 43.1 Å².